The predicted octanol–water partition coefficient (Wildman–Crippen LogP) is 1.67. The molecule has 1 saturated heterocycles. The van der Waals surface area contributed by atoms with Gasteiger partial charge in [0.2, 0.25) is 0 Å². The van der Waals surface area contributed by atoms with Gasteiger partial charge >= 0.3 is 0 Å². The van der Waals surface area contributed by atoms with E-state index in [4.69, 9.17) is 6.42 Å². The van der Waals surface area contributed by atoms with E-state index in [0.29, 0.717) is 0 Å². The summed E-state index contributed by atoms with van der Waals surface area (Å²) in [6.45, 7) is 4.93. The Bertz CT molecular complexity index is 199. The van der Waals surface area contributed by atoms with Crippen LogP contribution in [-0.4, -0.2) is 50.1 Å². The summed E-state index contributed by atoms with van der Waals surface area (Å²) in [6.07, 6.45) is 10.0. The van der Waals surface area contributed by atoms with Gasteiger partial charge in [0.1, 0.15) is 0 Å². The average Bonchev–Trinajstić information content (AvgIpc) is 2.22. The highest BCUT2D eigenvalue weighted by atomic mass is 15.1. The standard InChI is InChI=1S/C13H24N2/c1-4-5-6-9-15(3)12-13-7-10-14(2)11-8-13/h1,13H,5-12H2,2-3H3. The summed E-state index contributed by atoms with van der Waals surface area (Å²) in [7, 11) is 4.43. The molecular formula is C13H24N2. The van der Waals surface area contributed by atoms with Crippen molar-refractivity contribution in [3.8, 4) is 12.3 Å². The highest BCUT2D eigenvalue weighted by molar-refractivity contribution is 4.83. The van der Waals surface area contributed by atoms with Crippen LogP contribution in [0.2, 0.25) is 0 Å². The fourth-order valence-electron chi connectivity index (χ4n) is 2.23. The second kappa shape index (κ2) is 6.87. The Morgan fingerprint density at radius 3 is 2.67 bits per heavy atom. The van der Waals surface area contributed by atoms with Gasteiger partial charge in [0, 0.05) is 13.0 Å². The molecule has 1 heterocycles. The van der Waals surface area contributed by atoms with Crippen molar-refractivity contribution in [3.63, 3.8) is 0 Å². The third kappa shape index (κ3) is 5.20. The summed E-state index contributed by atoms with van der Waals surface area (Å²) in [5.41, 5.74) is 0. The molecule has 0 atom stereocenters. The minimum absolute atomic E-state index is 0.900. The SMILES string of the molecule is C#CCCCN(C)CC1CCN(C)CC1. The molecule has 0 N–H and O–H groups in total. The van der Waals surface area contributed by atoms with Gasteiger partial charge in [0.25, 0.3) is 0 Å². The van der Waals surface area contributed by atoms with Gasteiger partial charge in [-0.15, -0.1) is 12.3 Å². The summed E-state index contributed by atoms with van der Waals surface area (Å²) >= 11 is 0. The minimum atomic E-state index is 0.900. The quantitative estimate of drug-likeness (QED) is 0.501. The van der Waals surface area contributed by atoms with Crippen LogP contribution in [0.15, 0.2) is 0 Å². The molecule has 1 aliphatic rings. The normalized spacial score (nSPS) is 19.3. The zero-order valence-electron chi connectivity index (χ0n) is 10.2. The molecule has 0 aromatic carbocycles. The lowest BCUT2D eigenvalue weighted by atomic mass is 9.96. The number of unbranched alkanes of at least 4 members (excludes halogenated alkanes) is 1. The molecule has 0 radical (unpaired) electrons. The van der Waals surface area contributed by atoms with Crippen molar-refractivity contribution in [2.45, 2.75) is 25.7 Å². The molecular weight excluding hydrogens is 184 g/mol. The Hall–Kier alpha value is -0.520. The van der Waals surface area contributed by atoms with Crippen molar-refractivity contribution in [2.75, 3.05) is 40.3 Å². The molecule has 15 heavy (non-hydrogen) atoms. The lowest BCUT2D eigenvalue weighted by Crippen LogP contribution is -2.36. The van der Waals surface area contributed by atoms with Gasteiger partial charge in [-0.1, -0.05) is 0 Å². The molecule has 0 amide bonds. The second-order valence-corrected chi connectivity index (χ2v) is 4.82. The first-order valence-corrected chi connectivity index (χ1v) is 6.03. The van der Waals surface area contributed by atoms with Gasteiger partial charge in [-0.05, 0) is 58.9 Å². The minimum Gasteiger partial charge on any atom is -0.306 e. The summed E-state index contributed by atoms with van der Waals surface area (Å²) in [4.78, 5) is 4.86. The number of piperidine rings is 1. The van der Waals surface area contributed by atoms with Gasteiger partial charge in [-0.2, -0.15) is 0 Å². The van der Waals surface area contributed by atoms with Crippen molar-refractivity contribution >= 4 is 0 Å². The maximum absolute atomic E-state index is 5.24. The Morgan fingerprint density at radius 2 is 2.07 bits per heavy atom. The number of nitrogens with zero attached hydrogens (tertiary/aromatic N) is 2. The van der Waals surface area contributed by atoms with E-state index in [9.17, 15) is 0 Å². The average molecular weight is 208 g/mol. The van der Waals surface area contributed by atoms with Crippen molar-refractivity contribution < 1.29 is 0 Å². The van der Waals surface area contributed by atoms with E-state index < -0.39 is 0 Å². The number of likely N-dealkylation sites (tertiary alicyclic amines) is 1. The van der Waals surface area contributed by atoms with Crippen molar-refractivity contribution in [1.82, 2.24) is 9.80 Å². The molecule has 2 heteroatoms. The van der Waals surface area contributed by atoms with Crippen LogP contribution in [0.1, 0.15) is 25.7 Å². The van der Waals surface area contributed by atoms with Crippen LogP contribution < -0.4 is 0 Å². The fourth-order valence-corrected chi connectivity index (χ4v) is 2.23. The van der Waals surface area contributed by atoms with E-state index in [1.165, 1.54) is 32.5 Å². The third-order valence-corrected chi connectivity index (χ3v) is 3.27. The van der Waals surface area contributed by atoms with Crippen LogP contribution in [-0.2, 0) is 0 Å². The molecule has 1 aliphatic heterocycles. The van der Waals surface area contributed by atoms with Crippen molar-refractivity contribution in [1.29, 1.82) is 0 Å². The summed E-state index contributed by atoms with van der Waals surface area (Å²) in [5, 5.41) is 0. The van der Waals surface area contributed by atoms with Crippen molar-refractivity contribution in [2.24, 2.45) is 5.92 Å². The number of hydrogen-bond donors (Lipinski definition) is 0. The Kier molecular flexibility index (Phi) is 5.75. The van der Waals surface area contributed by atoms with Crippen molar-refractivity contribution in [3.05, 3.63) is 0 Å². The van der Waals surface area contributed by atoms with E-state index in [1.54, 1.807) is 0 Å². The number of terminal acetylenes is 1. The Morgan fingerprint density at radius 1 is 1.40 bits per heavy atom. The molecule has 0 saturated carbocycles. The lowest BCUT2D eigenvalue weighted by molar-refractivity contribution is 0.176. The highest BCUT2D eigenvalue weighted by Crippen LogP contribution is 2.16. The maximum atomic E-state index is 5.24. The van der Waals surface area contributed by atoms with Gasteiger partial charge in [0.15, 0.2) is 0 Å². The predicted molar refractivity (Wildman–Crippen MR) is 65.8 cm³/mol. The molecule has 0 spiro atoms. The van der Waals surface area contributed by atoms with Crippen LogP contribution in [0.3, 0.4) is 0 Å². The molecule has 0 aromatic heterocycles. The largest absolute Gasteiger partial charge is 0.306 e. The Balaban J connectivity index is 2.09. The molecule has 0 aliphatic carbocycles. The van der Waals surface area contributed by atoms with Gasteiger partial charge < -0.3 is 9.80 Å². The van der Waals surface area contributed by atoms with Crippen LogP contribution in [0, 0.1) is 18.3 Å². The summed E-state index contributed by atoms with van der Waals surface area (Å²) < 4.78 is 0. The van der Waals surface area contributed by atoms with Crippen LogP contribution >= 0.6 is 0 Å². The van der Waals surface area contributed by atoms with E-state index in [2.05, 4.69) is 29.8 Å². The van der Waals surface area contributed by atoms with Gasteiger partial charge in [0.05, 0.1) is 0 Å². The first-order valence-electron chi connectivity index (χ1n) is 6.03. The monoisotopic (exact) mass is 208 g/mol. The molecule has 0 unspecified atom stereocenters. The zero-order valence-corrected chi connectivity index (χ0v) is 10.2. The third-order valence-electron chi connectivity index (χ3n) is 3.27. The maximum Gasteiger partial charge on any atom is 0.00982 e. The van der Waals surface area contributed by atoms with Crippen LogP contribution in [0.25, 0.3) is 0 Å². The van der Waals surface area contributed by atoms with Gasteiger partial charge in [-0.25, -0.2) is 0 Å². The molecule has 1 fully saturated rings. The van der Waals surface area contributed by atoms with E-state index in [0.717, 1.165) is 25.3 Å². The topological polar surface area (TPSA) is 6.48 Å². The summed E-state index contributed by atoms with van der Waals surface area (Å²) in [5.74, 6) is 3.60. The lowest BCUT2D eigenvalue weighted by Gasteiger charge is -2.31. The van der Waals surface area contributed by atoms with Gasteiger partial charge in [-0.3, -0.25) is 0 Å². The highest BCUT2D eigenvalue weighted by Gasteiger charge is 2.17. The van der Waals surface area contributed by atoms with E-state index in [-0.39, 0.29) is 0 Å². The Labute approximate surface area is 94.6 Å². The van der Waals surface area contributed by atoms with Crippen LogP contribution in [0.5, 0.6) is 0 Å². The molecule has 0 aromatic rings. The first kappa shape index (κ1) is 12.5. The molecule has 0 bridgehead atoms. The smallest absolute Gasteiger partial charge is 0.00982 e. The number of rotatable bonds is 5. The molecule has 86 valence electrons. The van der Waals surface area contributed by atoms with E-state index >= 15 is 0 Å². The molecule has 1 rings (SSSR count). The zero-order chi connectivity index (χ0) is 11.1. The second-order valence-electron chi connectivity index (χ2n) is 4.82. The number of hydrogen-bond acceptors (Lipinski definition) is 2. The first-order chi connectivity index (χ1) is 7.22. The van der Waals surface area contributed by atoms with E-state index in [1.807, 2.05) is 0 Å². The van der Waals surface area contributed by atoms with Crippen LogP contribution in [0.4, 0.5) is 0 Å². The molecule has 2 nitrogen and oxygen atoms in total. The summed E-state index contributed by atoms with van der Waals surface area (Å²) in [6, 6.07) is 0. The fraction of sp³-hybridized carbons (Fsp3) is 0.846.